The second kappa shape index (κ2) is 12.2. The van der Waals surface area contributed by atoms with Crippen molar-refractivity contribution in [3.8, 4) is 11.5 Å². The van der Waals surface area contributed by atoms with Crippen LogP contribution in [0.4, 0.5) is 4.79 Å². The van der Waals surface area contributed by atoms with E-state index in [-0.39, 0.29) is 24.5 Å². The number of ether oxygens (including phenoxy) is 3. The topological polar surface area (TPSA) is 92.7 Å². The number of hydrogen-bond acceptors (Lipinski definition) is 6. The number of rotatable bonds is 10. The van der Waals surface area contributed by atoms with E-state index in [0.29, 0.717) is 37.6 Å². The van der Waals surface area contributed by atoms with Crippen LogP contribution in [-0.2, 0) is 9.53 Å². The molecular weight excluding hydrogens is 448 g/mol. The number of nitrogens with zero attached hydrogens (tertiary/aromatic N) is 3. The summed E-state index contributed by atoms with van der Waals surface area (Å²) >= 11 is 0. The molecule has 1 heterocycles. The van der Waals surface area contributed by atoms with E-state index < -0.39 is 0 Å². The minimum atomic E-state index is -0.315. The average molecular weight is 483 g/mol. The Labute approximate surface area is 206 Å². The molecule has 1 aliphatic rings. The summed E-state index contributed by atoms with van der Waals surface area (Å²) in [5, 5.41) is 8.98. The molecule has 1 N–H and O–H groups in total. The van der Waals surface area contributed by atoms with E-state index >= 15 is 0 Å². The molecule has 3 amide bonds. The Morgan fingerprint density at radius 1 is 1.11 bits per heavy atom. The Bertz CT molecular complexity index is 1050. The van der Waals surface area contributed by atoms with E-state index in [2.05, 4.69) is 5.32 Å². The van der Waals surface area contributed by atoms with E-state index in [1.165, 1.54) is 9.91 Å². The van der Waals surface area contributed by atoms with Gasteiger partial charge in [-0.3, -0.25) is 4.79 Å². The van der Waals surface area contributed by atoms with Crippen LogP contribution in [0.2, 0.25) is 0 Å². The zero-order chi connectivity index (χ0) is 25.4. The molecule has 0 bridgehead atoms. The minimum absolute atomic E-state index is 0.117. The molecule has 1 unspecified atom stereocenters. The van der Waals surface area contributed by atoms with Crippen LogP contribution in [0.15, 0.2) is 47.6 Å². The lowest BCUT2D eigenvalue weighted by Crippen LogP contribution is -2.47. The van der Waals surface area contributed by atoms with Crippen LogP contribution in [0.3, 0.4) is 0 Å². The van der Waals surface area contributed by atoms with Gasteiger partial charge in [0.25, 0.3) is 5.91 Å². The fourth-order valence-electron chi connectivity index (χ4n) is 3.94. The van der Waals surface area contributed by atoms with Gasteiger partial charge in [-0.15, -0.1) is 0 Å². The lowest BCUT2D eigenvalue weighted by atomic mass is 9.97. The third kappa shape index (κ3) is 6.30. The smallest absolute Gasteiger partial charge is 0.317 e. The molecule has 0 fully saturated rings. The van der Waals surface area contributed by atoms with Crippen molar-refractivity contribution in [2.75, 3.05) is 47.6 Å². The van der Waals surface area contributed by atoms with Gasteiger partial charge in [0.1, 0.15) is 18.0 Å². The largest absolute Gasteiger partial charge is 0.497 e. The number of urea groups is 1. The van der Waals surface area contributed by atoms with E-state index in [9.17, 15) is 9.59 Å². The van der Waals surface area contributed by atoms with Gasteiger partial charge < -0.3 is 24.4 Å². The summed E-state index contributed by atoms with van der Waals surface area (Å²) in [6.07, 6.45) is 0.511. The second-order valence-electron chi connectivity index (χ2n) is 8.23. The summed E-state index contributed by atoms with van der Waals surface area (Å²) in [7, 11) is 4.75. The maximum Gasteiger partial charge on any atom is 0.317 e. The molecule has 0 aromatic heterocycles. The summed E-state index contributed by atoms with van der Waals surface area (Å²) in [6.45, 7) is 4.82. The number of hydrogen-bond donors (Lipinski definition) is 1. The fraction of sp³-hybridized carbons (Fsp3) is 0.423. The summed E-state index contributed by atoms with van der Waals surface area (Å²) in [5.74, 6) is 1.01. The third-order valence-corrected chi connectivity index (χ3v) is 5.85. The molecule has 0 saturated carbocycles. The molecule has 9 nitrogen and oxygen atoms in total. The van der Waals surface area contributed by atoms with Crippen molar-refractivity contribution in [1.29, 1.82) is 0 Å². The van der Waals surface area contributed by atoms with Gasteiger partial charge in [-0.2, -0.15) is 5.10 Å². The number of carbonyl (C=O) groups is 2. The van der Waals surface area contributed by atoms with Gasteiger partial charge in [0.05, 0.1) is 32.6 Å². The first-order chi connectivity index (χ1) is 16.9. The van der Waals surface area contributed by atoms with Crippen LogP contribution in [0.1, 0.15) is 36.1 Å². The van der Waals surface area contributed by atoms with Crippen LogP contribution in [0.25, 0.3) is 0 Å². The van der Waals surface area contributed by atoms with Gasteiger partial charge in [0.2, 0.25) is 0 Å². The molecule has 2 aromatic carbocycles. The van der Waals surface area contributed by atoms with E-state index in [1.54, 1.807) is 27.4 Å². The van der Waals surface area contributed by atoms with Crippen LogP contribution in [0.5, 0.6) is 11.5 Å². The molecule has 2 aromatic rings. The normalized spacial score (nSPS) is 14.9. The van der Waals surface area contributed by atoms with Gasteiger partial charge in [-0.05, 0) is 31.5 Å². The summed E-state index contributed by atoms with van der Waals surface area (Å²) in [6, 6.07) is 13.0. The molecule has 3 rings (SSSR count). The van der Waals surface area contributed by atoms with Gasteiger partial charge >= 0.3 is 6.03 Å². The van der Waals surface area contributed by atoms with Crippen molar-refractivity contribution in [3.63, 3.8) is 0 Å². The molecular formula is C26H34N4O5. The highest BCUT2D eigenvalue weighted by atomic mass is 16.5. The highest BCUT2D eigenvalue weighted by molar-refractivity contribution is 6.05. The second-order valence-corrected chi connectivity index (χ2v) is 8.23. The summed E-state index contributed by atoms with van der Waals surface area (Å²) in [4.78, 5) is 27.5. The lowest BCUT2D eigenvalue weighted by Gasteiger charge is -2.27. The van der Waals surface area contributed by atoms with E-state index in [0.717, 1.165) is 22.4 Å². The fourth-order valence-corrected chi connectivity index (χ4v) is 3.94. The molecule has 188 valence electrons. The predicted molar refractivity (Wildman–Crippen MR) is 134 cm³/mol. The van der Waals surface area contributed by atoms with Crippen molar-refractivity contribution in [2.45, 2.75) is 26.3 Å². The molecule has 0 saturated heterocycles. The number of methoxy groups -OCH3 is 3. The Balaban J connectivity index is 1.95. The summed E-state index contributed by atoms with van der Waals surface area (Å²) < 4.78 is 16.0. The number of carbonyl (C=O) groups excluding carboxylic acids is 2. The number of amides is 3. The zero-order valence-electron chi connectivity index (χ0n) is 21.0. The number of benzene rings is 2. The Kier molecular flexibility index (Phi) is 9.08. The van der Waals surface area contributed by atoms with Gasteiger partial charge in [-0.1, -0.05) is 29.8 Å². The minimum Gasteiger partial charge on any atom is -0.497 e. The number of hydrazone groups is 1. The number of nitrogens with one attached hydrogen (secondary N) is 1. The van der Waals surface area contributed by atoms with E-state index in [1.807, 2.05) is 50.2 Å². The van der Waals surface area contributed by atoms with Crippen molar-refractivity contribution in [2.24, 2.45) is 5.10 Å². The first kappa shape index (κ1) is 26.0. The maximum absolute atomic E-state index is 13.5. The summed E-state index contributed by atoms with van der Waals surface area (Å²) in [5.41, 5.74) is 3.62. The van der Waals surface area contributed by atoms with Crippen LogP contribution in [-0.4, -0.2) is 75.1 Å². The van der Waals surface area contributed by atoms with Crippen molar-refractivity contribution in [3.05, 3.63) is 59.2 Å². The highest BCUT2D eigenvalue weighted by Crippen LogP contribution is 2.36. The Hall–Kier alpha value is -3.59. The highest BCUT2D eigenvalue weighted by Gasteiger charge is 2.35. The monoisotopic (exact) mass is 482 g/mol. The van der Waals surface area contributed by atoms with Crippen LogP contribution >= 0.6 is 0 Å². The lowest BCUT2D eigenvalue weighted by molar-refractivity contribution is -0.133. The van der Waals surface area contributed by atoms with Crippen LogP contribution in [0, 0.1) is 6.92 Å². The Morgan fingerprint density at radius 3 is 2.49 bits per heavy atom. The zero-order valence-corrected chi connectivity index (χ0v) is 21.0. The van der Waals surface area contributed by atoms with Gasteiger partial charge in [0.15, 0.2) is 0 Å². The third-order valence-electron chi connectivity index (χ3n) is 5.85. The standard InChI is InChI=1S/C26H34N4O5/c1-6-27-26(32)29(13-14-33-3)17-25(31)30-23(19-9-7-18(2)8-10-19)16-22(28-30)21-12-11-20(34-4)15-24(21)35-5/h7-12,15,23H,6,13-14,16-17H2,1-5H3,(H,27,32). The van der Waals surface area contributed by atoms with Crippen molar-refractivity contribution >= 4 is 17.6 Å². The van der Waals surface area contributed by atoms with Gasteiger partial charge in [0, 0.05) is 38.2 Å². The quantitative estimate of drug-likeness (QED) is 0.561. The molecule has 1 atom stereocenters. The molecule has 9 heteroatoms. The number of aryl methyl sites for hydroxylation is 1. The first-order valence-corrected chi connectivity index (χ1v) is 11.6. The van der Waals surface area contributed by atoms with Crippen molar-refractivity contribution in [1.82, 2.24) is 15.2 Å². The molecule has 0 radical (unpaired) electrons. The molecule has 1 aliphatic heterocycles. The molecule has 0 aliphatic carbocycles. The maximum atomic E-state index is 13.5. The first-order valence-electron chi connectivity index (χ1n) is 11.6. The Morgan fingerprint density at radius 2 is 1.86 bits per heavy atom. The van der Waals surface area contributed by atoms with E-state index in [4.69, 9.17) is 19.3 Å². The average Bonchev–Trinajstić information content (AvgIpc) is 3.32. The van der Waals surface area contributed by atoms with Gasteiger partial charge in [-0.25, -0.2) is 9.80 Å². The molecule has 35 heavy (non-hydrogen) atoms. The molecule has 0 spiro atoms. The van der Waals surface area contributed by atoms with Crippen molar-refractivity contribution < 1.29 is 23.8 Å². The van der Waals surface area contributed by atoms with Crippen LogP contribution < -0.4 is 14.8 Å². The SMILES string of the molecule is CCNC(=O)N(CCOC)CC(=O)N1N=C(c2ccc(OC)cc2OC)CC1c1ccc(C)cc1. The predicted octanol–water partition coefficient (Wildman–Crippen LogP) is 3.37.